The third-order valence-electron chi connectivity index (χ3n) is 3.02. The number of imide groups is 1. The lowest BCUT2D eigenvalue weighted by Crippen LogP contribution is -2.49. The highest BCUT2D eigenvalue weighted by molar-refractivity contribution is 6.02. The third kappa shape index (κ3) is 2.82. The van der Waals surface area contributed by atoms with E-state index >= 15 is 0 Å². The van der Waals surface area contributed by atoms with E-state index in [2.05, 4.69) is 10.1 Å². The van der Waals surface area contributed by atoms with Gasteiger partial charge < -0.3 is 10.1 Å². The number of carbonyl (C=O) groups excluding carboxylic acids is 3. The Kier molecular flexibility index (Phi) is 3.42. The molecule has 0 bridgehead atoms. The van der Waals surface area contributed by atoms with E-state index in [1.54, 1.807) is 0 Å². The first kappa shape index (κ1) is 12.0. The topological polar surface area (TPSA) is 75.7 Å². The summed E-state index contributed by atoms with van der Waals surface area (Å²) >= 11 is 0. The van der Waals surface area contributed by atoms with Gasteiger partial charge in [0.1, 0.15) is 6.04 Å². The fraction of sp³-hybridized carbons (Fsp3) is 0.727. The number of likely N-dealkylation sites (tertiary alicyclic amines) is 1. The smallest absolute Gasteiger partial charge is 0.324 e. The Hall–Kier alpha value is -1.43. The average molecular weight is 240 g/mol. The van der Waals surface area contributed by atoms with Crippen molar-refractivity contribution in [1.82, 2.24) is 10.2 Å². The van der Waals surface area contributed by atoms with Crippen LogP contribution in [-0.4, -0.2) is 48.4 Å². The van der Waals surface area contributed by atoms with Crippen molar-refractivity contribution < 1.29 is 19.1 Å². The number of esters is 1. The fourth-order valence-corrected chi connectivity index (χ4v) is 1.88. The zero-order chi connectivity index (χ0) is 12.4. The number of nitrogens with zero attached hydrogens (tertiary/aromatic N) is 1. The van der Waals surface area contributed by atoms with E-state index in [0.29, 0.717) is 6.04 Å². The number of amides is 2. The lowest BCUT2D eigenvalue weighted by Gasteiger charge is -2.21. The highest BCUT2D eigenvalue weighted by atomic mass is 16.5. The molecular formula is C11H16N2O4. The van der Waals surface area contributed by atoms with Gasteiger partial charge in [-0.05, 0) is 12.8 Å². The second-order valence-electron chi connectivity index (χ2n) is 4.41. The van der Waals surface area contributed by atoms with Crippen molar-refractivity contribution >= 4 is 17.8 Å². The van der Waals surface area contributed by atoms with E-state index in [0.717, 1.165) is 17.7 Å². The number of carbonyl (C=O) groups is 3. The lowest BCUT2D eigenvalue weighted by molar-refractivity contribution is -0.145. The average Bonchev–Trinajstić information content (AvgIpc) is 3.08. The van der Waals surface area contributed by atoms with E-state index in [1.807, 2.05) is 0 Å². The Labute approximate surface area is 99.3 Å². The second kappa shape index (κ2) is 4.83. The molecule has 1 atom stereocenters. The molecule has 94 valence electrons. The van der Waals surface area contributed by atoms with Gasteiger partial charge >= 0.3 is 5.97 Å². The molecule has 0 spiro atoms. The Bertz CT molecular complexity index is 335. The van der Waals surface area contributed by atoms with Gasteiger partial charge in [-0.2, -0.15) is 0 Å². The number of methoxy groups -OCH3 is 1. The van der Waals surface area contributed by atoms with Gasteiger partial charge in [-0.25, -0.2) is 0 Å². The number of nitrogens with one attached hydrogen (secondary N) is 1. The molecule has 2 rings (SSSR count). The van der Waals surface area contributed by atoms with E-state index in [-0.39, 0.29) is 31.2 Å². The summed E-state index contributed by atoms with van der Waals surface area (Å²) in [4.78, 5) is 35.6. The first-order valence-electron chi connectivity index (χ1n) is 5.79. The summed E-state index contributed by atoms with van der Waals surface area (Å²) < 4.78 is 4.67. The first-order chi connectivity index (χ1) is 8.11. The maximum absolute atomic E-state index is 11.5. The van der Waals surface area contributed by atoms with Gasteiger partial charge in [0.15, 0.2) is 0 Å². The van der Waals surface area contributed by atoms with Gasteiger partial charge in [-0.1, -0.05) is 0 Å². The fourth-order valence-electron chi connectivity index (χ4n) is 1.88. The summed E-state index contributed by atoms with van der Waals surface area (Å²) in [5, 5.41) is 3.09. The van der Waals surface area contributed by atoms with Crippen LogP contribution in [0.2, 0.25) is 0 Å². The molecule has 17 heavy (non-hydrogen) atoms. The van der Waals surface area contributed by atoms with Crippen LogP contribution < -0.4 is 5.32 Å². The molecule has 1 heterocycles. The maximum atomic E-state index is 11.5. The summed E-state index contributed by atoms with van der Waals surface area (Å²) in [6.07, 6.45) is 2.54. The molecular weight excluding hydrogens is 224 g/mol. The van der Waals surface area contributed by atoms with Gasteiger partial charge in [0.05, 0.1) is 13.7 Å². The van der Waals surface area contributed by atoms with Crippen LogP contribution in [0.5, 0.6) is 0 Å². The lowest BCUT2D eigenvalue weighted by atomic mass is 10.2. The summed E-state index contributed by atoms with van der Waals surface area (Å²) in [6.45, 7) is 0.0842. The summed E-state index contributed by atoms with van der Waals surface area (Å²) in [5.41, 5.74) is 0. The number of ether oxygens (including phenoxy) is 1. The Morgan fingerprint density at radius 2 is 2.00 bits per heavy atom. The van der Waals surface area contributed by atoms with Gasteiger partial charge in [-0.15, -0.1) is 0 Å². The molecule has 0 radical (unpaired) electrons. The molecule has 2 fully saturated rings. The quantitative estimate of drug-likeness (QED) is 0.514. The van der Waals surface area contributed by atoms with Crippen LogP contribution in [0, 0.1) is 0 Å². The van der Waals surface area contributed by atoms with E-state index in [9.17, 15) is 14.4 Å². The molecule has 1 aliphatic carbocycles. The van der Waals surface area contributed by atoms with Crippen molar-refractivity contribution in [1.29, 1.82) is 0 Å². The summed E-state index contributed by atoms with van der Waals surface area (Å²) in [7, 11) is 1.30. The first-order valence-corrected chi connectivity index (χ1v) is 5.79. The molecule has 1 unspecified atom stereocenters. The van der Waals surface area contributed by atoms with Crippen LogP contribution in [0.4, 0.5) is 0 Å². The molecule has 1 N–H and O–H groups in total. The third-order valence-corrected chi connectivity index (χ3v) is 3.02. The Morgan fingerprint density at radius 3 is 2.47 bits per heavy atom. The molecule has 2 amide bonds. The molecule has 6 nitrogen and oxygen atoms in total. The van der Waals surface area contributed by atoms with Crippen molar-refractivity contribution in [3.8, 4) is 0 Å². The van der Waals surface area contributed by atoms with Gasteiger partial charge in [0, 0.05) is 18.9 Å². The monoisotopic (exact) mass is 240 g/mol. The van der Waals surface area contributed by atoms with Crippen molar-refractivity contribution in [2.75, 3.05) is 13.7 Å². The predicted molar refractivity (Wildman–Crippen MR) is 57.9 cm³/mol. The maximum Gasteiger partial charge on any atom is 0.324 e. The predicted octanol–water partition coefficient (Wildman–Crippen LogP) is -0.571. The van der Waals surface area contributed by atoms with Crippen molar-refractivity contribution in [2.45, 2.75) is 37.8 Å². The van der Waals surface area contributed by atoms with Crippen molar-refractivity contribution in [3.05, 3.63) is 0 Å². The van der Waals surface area contributed by atoms with Crippen molar-refractivity contribution in [2.24, 2.45) is 0 Å². The van der Waals surface area contributed by atoms with Crippen LogP contribution in [0.1, 0.15) is 25.7 Å². The van der Waals surface area contributed by atoms with Crippen LogP contribution in [0.15, 0.2) is 0 Å². The van der Waals surface area contributed by atoms with Crippen LogP contribution in [0.25, 0.3) is 0 Å². The number of hydrogen-bond acceptors (Lipinski definition) is 5. The van der Waals surface area contributed by atoms with Crippen LogP contribution >= 0.6 is 0 Å². The summed E-state index contributed by atoms with van der Waals surface area (Å²) in [5.74, 6) is -0.840. The number of hydrogen-bond donors (Lipinski definition) is 1. The summed E-state index contributed by atoms with van der Waals surface area (Å²) in [6, 6.07) is -0.287. The zero-order valence-corrected chi connectivity index (χ0v) is 9.77. The van der Waals surface area contributed by atoms with E-state index < -0.39 is 12.0 Å². The van der Waals surface area contributed by atoms with E-state index in [4.69, 9.17) is 0 Å². The minimum absolute atomic E-state index is 0.0842. The second-order valence-corrected chi connectivity index (χ2v) is 4.41. The normalized spacial score (nSPS) is 21.8. The molecule has 2 aliphatic rings. The van der Waals surface area contributed by atoms with Gasteiger partial charge in [0.25, 0.3) is 0 Å². The van der Waals surface area contributed by atoms with Crippen LogP contribution in [-0.2, 0) is 19.1 Å². The Morgan fingerprint density at radius 1 is 1.41 bits per heavy atom. The molecule has 1 saturated heterocycles. The molecule has 6 heteroatoms. The molecule has 1 aliphatic heterocycles. The van der Waals surface area contributed by atoms with Gasteiger partial charge in [0.2, 0.25) is 11.8 Å². The zero-order valence-electron chi connectivity index (χ0n) is 9.77. The van der Waals surface area contributed by atoms with E-state index in [1.165, 1.54) is 7.11 Å². The highest BCUT2D eigenvalue weighted by Gasteiger charge is 2.35. The molecule has 0 aromatic carbocycles. The van der Waals surface area contributed by atoms with Gasteiger partial charge in [-0.3, -0.25) is 19.3 Å². The Balaban J connectivity index is 1.97. The standard InChI is InChI=1S/C11H16N2O4/c1-17-11(16)8(12-7-2-3-7)6-13-9(14)4-5-10(13)15/h7-8,12H,2-6H2,1H3. The molecule has 0 aromatic rings. The number of rotatable bonds is 5. The van der Waals surface area contributed by atoms with Crippen molar-refractivity contribution in [3.63, 3.8) is 0 Å². The minimum Gasteiger partial charge on any atom is -0.468 e. The highest BCUT2D eigenvalue weighted by Crippen LogP contribution is 2.20. The molecule has 1 saturated carbocycles. The molecule has 0 aromatic heterocycles. The van der Waals surface area contributed by atoms with Crippen LogP contribution in [0.3, 0.4) is 0 Å². The largest absolute Gasteiger partial charge is 0.468 e. The SMILES string of the molecule is COC(=O)C(CN1C(=O)CCC1=O)NC1CC1. The minimum atomic E-state index is -0.599.